The second-order valence-electron chi connectivity index (χ2n) is 30.7. The van der Waals surface area contributed by atoms with E-state index >= 15 is 0 Å². The molecule has 0 spiro atoms. The molecular weight excluding hydrogens is 1290 g/mol. The smallest absolute Gasteiger partial charge is 0.355 e. The van der Waals surface area contributed by atoms with Crippen molar-refractivity contribution in [3.63, 3.8) is 0 Å². The number of carboxylic acid groups (broad SMARTS) is 1. The number of rotatable bonds is 21. The van der Waals surface area contributed by atoms with Crippen molar-refractivity contribution in [2.24, 2.45) is 21.7 Å². The fraction of sp³-hybridized carbons (Fsp3) is 0.542. The fourth-order valence-electron chi connectivity index (χ4n) is 17.7. The summed E-state index contributed by atoms with van der Waals surface area (Å²) in [6.45, 7) is 20.7. The molecule has 23 nitrogen and oxygen atoms in total. The highest BCUT2D eigenvalue weighted by molar-refractivity contribution is 7.22. The van der Waals surface area contributed by atoms with Crippen molar-refractivity contribution in [1.82, 2.24) is 60.3 Å². The first kappa shape index (κ1) is 67.2. The Kier molecular flexibility index (Phi) is 17.5. The Labute approximate surface area is 577 Å². The maximum absolute atomic E-state index is 14.8. The van der Waals surface area contributed by atoms with Gasteiger partial charge in [0.1, 0.15) is 23.7 Å². The molecule has 26 heteroatoms. The summed E-state index contributed by atoms with van der Waals surface area (Å²) in [5.74, 6) is -1.02. The van der Waals surface area contributed by atoms with E-state index in [9.17, 15) is 38.6 Å². The summed E-state index contributed by atoms with van der Waals surface area (Å²) in [7, 11) is 0. The van der Waals surface area contributed by atoms with Crippen LogP contribution in [0.4, 0.5) is 27.0 Å². The van der Waals surface area contributed by atoms with Gasteiger partial charge in [-0.2, -0.15) is 5.10 Å². The predicted molar refractivity (Wildman–Crippen MR) is 370 cm³/mol. The molecule has 3 aliphatic heterocycles. The number of aryl methyl sites for hydroxylation is 1. The van der Waals surface area contributed by atoms with Gasteiger partial charge < -0.3 is 50.3 Å². The Balaban J connectivity index is 0.593. The molecule has 5 aliphatic carbocycles. The third-order valence-corrected chi connectivity index (χ3v) is 23.5. The molecule has 98 heavy (non-hydrogen) atoms. The number of ether oxygens (including phenoxy) is 2. The maximum atomic E-state index is 14.8. The summed E-state index contributed by atoms with van der Waals surface area (Å²) < 4.78 is 31.6. The number of amides is 4. The van der Waals surface area contributed by atoms with Crippen LogP contribution in [0.5, 0.6) is 5.75 Å². The van der Waals surface area contributed by atoms with Gasteiger partial charge in [-0.1, -0.05) is 70.2 Å². The van der Waals surface area contributed by atoms with Gasteiger partial charge in [-0.3, -0.25) is 28.8 Å². The van der Waals surface area contributed by atoms with E-state index in [1.54, 1.807) is 43.8 Å². The third-order valence-electron chi connectivity index (χ3n) is 21.6. The molecule has 2 saturated heterocycles. The van der Waals surface area contributed by atoms with Crippen molar-refractivity contribution in [3.8, 4) is 27.3 Å². The Morgan fingerprint density at radius 1 is 0.888 bits per heavy atom. The summed E-state index contributed by atoms with van der Waals surface area (Å²) >= 11 is 3.04. The SMILES string of the molecule is Cc1ncsc1-c1ccc(CNC(=O)[C@@H]2C[C@@H](O)CN2C(=O)C(NC(=O)C2(F)CC2)C(C)(C)C)c(OCC(=O)N2CCN(CCOC34CC5(Cn6ncc(-c7ccc(N8CCCc9c8nnc(Nc8nc%10ccccc%10s8)c9C)nc7C(=O)O)c6C)C[C@@](C)(C3)C[C@](C)(C5)C4)CC2)c1. The van der Waals surface area contributed by atoms with Gasteiger partial charge in [0.2, 0.25) is 11.8 Å². The van der Waals surface area contributed by atoms with Crippen LogP contribution in [-0.2, 0) is 43.4 Å². The number of likely N-dealkylation sites (tertiary alicyclic amines) is 1. The minimum atomic E-state index is -2.00. The number of fused-ring (bicyclic) bond motifs is 2. The summed E-state index contributed by atoms with van der Waals surface area (Å²) in [5, 5.41) is 45.6. The van der Waals surface area contributed by atoms with E-state index in [2.05, 4.69) is 49.5 Å². The molecule has 2 aromatic carbocycles. The monoisotopic (exact) mass is 1370 g/mol. The number of hydrogen-bond acceptors (Lipinski definition) is 19. The van der Waals surface area contributed by atoms with Crippen molar-refractivity contribution < 1.29 is 48.0 Å². The van der Waals surface area contributed by atoms with Crippen LogP contribution in [0, 0.1) is 42.4 Å². The number of carboxylic acids is 1. The first-order chi connectivity index (χ1) is 46.7. The largest absolute Gasteiger partial charge is 0.483 e. The Morgan fingerprint density at radius 2 is 1.65 bits per heavy atom. The number of β-amino-alcohol motifs (C(OH)–C–C–N with tert-alkyl or cyclic N) is 1. The average molecular weight is 1380 g/mol. The van der Waals surface area contributed by atoms with Crippen molar-refractivity contribution in [3.05, 3.63) is 100 Å². The van der Waals surface area contributed by atoms with Gasteiger partial charge in [0.05, 0.1) is 50.8 Å². The zero-order valence-corrected chi connectivity index (χ0v) is 58.6. The molecule has 7 aromatic rings. The fourth-order valence-corrected chi connectivity index (χ4v) is 19.3. The summed E-state index contributed by atoms with van der Waals surface area (Å²) in [5.41, 5.74) is 5.99. The zero-order chi connectivity index (χ0) is 68.8. The van der Waals surface area contributed by atoms with Crippen LogP contribution in [0.15, 0.2) is 66.3 Å². The van der Waals surface area contributed by atoms with Crippen LogP contribution in [0.25, 0.3) is 31.8 Å². The van der Waals surface area contributed by atoms with Gasteiger partial charge in [-0.25, -0.2) is 24.1 Å². The number of aromatic carboxylic acids is 1. The highest BCUT2D eigenvalue weighted by Crippen LogP contribution is 2.72. The van der Waals surface area contributed by atoms with E-state index in [1.165, 1.54) is 16.2 Å². The number of thiazole rings is 2. The summed E-state index contributed by atoms with van der Waals surface area (Å²) in [4.78, 5) is 90.6. The average Bonchev–Trinajstić information content (AvgIpc) is 0.882. The number of halogens is 1. The number of aromatic nitrogens is 7. The number of nitrogens with zero attached hydrogens (tertiary/aromatic N) is 11. The summed E-state index contributed by atoms with van der Waals surface area (Å²) in [6, 6.07) is 15.1. The van der Waals surface area contributed by atoms with Crippen LogP contribution < -0.4 is 25.6 Å². The number of carbonyl (C=O) groups is 5. The van der Waals surface area contributed by atoms with E-state index in [4.69, 9.17) is 29.6 Å². The van der Waals surface area contributed by atoms with Crippen molar-refractivity contribution in [1.29, 1.82) is 0 Å². The molecule has 4 bridgehead atoms. The lowest BCUT2D eigenvalue weighted by molar-refractivity contribution is -0.249. The predicted octanol–water partition coefficient (Wildman–Crippen LogP) is 9.89. The number of alkyl halides is 1. The normalized spacial score (nSPS) is 25.1. The Hall–Kier alpha value is -8.04. The first-order valence-corrected chi connectivity index (χ1v) is 36.0. The van der Waals surface area contributed by atoms with Crippen LogP contribution in [0.2, 0.25) is 0 Å². The number of para-hydroxylation sites is 1. The molecule has 8 aliphatic rings. The van der Waals surface area contributed by atoms with E-state index in [0.29, 0.717) is 80.2 Å². The number of anilines is 4. The molecular formula is C72H87FN14O9S2. The number of aliphatic hydroxyl groups is 1. The second-order valence-corrected chi connectivity index (χ2v) is 32.6. The first-order valence-electron chi connectivity index (χ1n) is 34.3. The molecule has 0 radical (unpaired) electrons. The Morgan fingerprint density at radius 3 is 2.37 bits per heavy atom. The lowest BCUT2D eigenvalue weighted by Gasteiger charge is -2.69. The Bertz CT molecular complexity index is 4240. The number of carbonyl (C=O) groups excluding carboxylic acids is 4. The molecule has 4 amide bonds. The van der Waals surface area contributed by atoms with Crippen molar-refractivity contribution >= 4 is 85.1 Å². The standard InChI is InChI=1S/C72H87FN14O9S2/c1-42-48-12-11-21-85(61(48)82-81-60(42)80-66-77-51-13-9-10-14-54(51)98-66)55-18-17-49(57(78-55)64(92)93)50-31-76-87(44(50)3)40-70-35-68(7)34-69(8,36-70)38-71(37-68,39-70)96-27-26-83-22-24-84(25-23-83)56(89)33-95-53-28-45(58-43(2)75-41-97-58)15-16-46(53)30-74-62(90)52-29-47(88)32-86(52)63(91)59(67(4,5)6)79-65(94)72(73)19-20-72/h9-10,13-18,28,31,41,47,52,59,88H,11-12,19-27,29-30,32-40H2,1-8H3,(H,74,90)(H,79,94)(H,92,93)(H,77,80,81)/t47-,52+,59?,68-,69+,70?,71?/m1/s1. The minimum Gasteiger partial charge on any atom is -0.483 e. The second kappa shape index (κ2) is 25.6. The zero-order valence-electron chi connectivity index (χ0n) is 57.0. The molecule has 7 fully saturated rings. The minimum absolute atomic E-state index is 0.0119. The number of benzene rings is 2. The topological polar surface area (TPSA) is 276 Å². The van der Waals surface area contributed by atoms with Crippen LogP contribution in [0.3, 0.4) is 0 Å². The number of piperazine rings is 1. The molecule has 5 aromatic heterocycles. The number of nitrogens with one attached hydrogen (secondary N) is 3. The maximum Gasteiger partial charge on any atom is 0.355 e. The lowest BCUT2D eigenvalue weighted by Crippen LogP contribution is -2.64. The van der Waals surface area contributed by atoms with Gasteiger partial charge >= 0.3 is 5.97 Å². The highest BCUT2D eigenvalue weighted by Gasteiger charge is 2.66. The highest BCUT2D eigenvalue weighted by atomic mass is 32.1. The molecule has 8 heterocycles. The third kappa shape index (κ3) is 13.3. The quantitative estimate of drug-likeness (QED) is 0.0447. The van der Waals surface area contributed by atoms with Gasteiger partial charge in [-0.05, 0) is 143 Å². The molecule has 5 N–H and O–H groups in total. The summed E-state index contributed by atoms with van der Waals surface area (Å²) in [6.07, 6.45) is 8.73. The van der Waals surface area contributed by atoms with Gasteiger partial charge in [0.25, 0.3) is 11.8 Å². The van der Waals surface area contributed by atoms with Gasteiger partial charge in [-0.15, -0.1) is 21.5 Å². The van der Waals surface area contributed by atoms with Crippen molar-refractivity contribution in [2.75, 3.05) is 69.2 Å². The molecule has 7 atom stereocenters. The molecule has 5 saturated carbocycles. The molecule has 518 valence electrons. The number of aliphatic hydroxyl groups excluding tert-OH is 1. The number of hydrogen-bond donors (Lipinski definition) is 5. The van der Waals surface area contributed by atoms with Crippen LogP contribution in [0.1, 0.15) is 137 Å². The van der Waals surface area contributed by atoms with Gasteiger partial charge in [0.15, 0.2) is 34.7 Å². The molecule has 3 unspecified atom stereocenters. The van der Waals surface area contributed by atoms with Crippen LogP contribution >= 0.6 is 22.7 Å². The van der Waals surface area contributed by atoms with E-state index < -0.39 is 53.0 Å². The van der Waals surface area contributed by atoms with Crippen molar-refractivity contribution in [2.45, 2.75) is 169 Å². The van der Waals surface area contributed by atoms with Crippen LogP contribution in [-0.4, -0.2) is 178 Å². The van der Waals surface area contributed by atoms with E-state index in [1.807, 2.05) is 85.2 Å². The van der Waals surface area contributed by atoms with E-state index in [-0.39, 0.29) is 72.4 Å². The molecule has 15 rings (SSSR count). The van der Waals surface area contributed by atoms with Gasteiger partial charge in [0, 0.05) is 98.8 Å². The number of pyridine rings is 1. The lowest BCUT2D eigenvalue weighted by atomic mass is 9.39. The van der Waals surface area contributed by atoms with E-state index in [0.717, 1.165) is 112 Å².